The molecule has 0 aromatic heterocycles. The lowest BCUT2D eigenvalue weighted by Crippen LogP contribution is -2.03. The Bertz CT molecular complexity index is 1540. The van der Waals surface area contributed by atoms with Gasteiger partial charge in [-0.3, -0.25) is 0 Å². The molecule has 0 atom stereocenters. The first-order valence-electron chi connectivity index (χ1n) is 11.5. The topological polar surface area (TPSA) is 74.6 Å². The molecule has 2 N–H and O–H groups in total. The molecule has 5 rings (SSSR count). The first-order chi connectivity index (χ1) is 17.5. The maximum Gasteiger partial charge on any atom is 0.336 e. The second kappa shape index (κ2) is 9.72. The monoisotopic (exact) mass is 470 g/mol. The van der Waals surface area contributed by atoms with Gasteiger partial charge in [0.1, 0.15) is 0 Å². The molecule has 5 aromatic carbocycles. The van der Waals surface area contributed by atoms with Crippen LogP contribution in [0.2, 0.25) is 0 Å². The van der Waals surface area contributed by atoms with E-state index in [1.807, 2.05) is 91.0 Å². The van der Waals surface area contributed by atoms with Gasteiger partial charge in [-0.1, -0.05) is 103 Å². The summed E-state index contributed by atoms with van der Waals surface area (Å²) in [4.78, 5) is 23.4. The van der Waals surface area contributed by atoms with Gasteiger partial charge in [0, 0.05) is 5.56 Å². The standard InChI is InChI=1S/C32H22O4/c33-31(34)26-17-13-22(14-18-26)21-11-15-23(16-12-21)27-19-20-28(32(35)36)30(25-9-5-2-6-10-25)29(27)24-7-3-1-4-8-24/h1-20H,(H,33,34)(H,35,36). The Morgan fingerprint density at radius 2 is 0.889 bits per heavy atom. The molecule has 0 spiro atoms. The zero-order valence-electron chi connectivity index (χ0n) is 19.3. The summed E-state index contributed by atoms with van der Waals surface area (Å²) < 4.78 is 0. The fourth-order valence-corrected chi connectivity index (χ4v) is 4.48. The highest BCUT2D eigenvalue weighted by molar-refractivity contribution is 6.05. The third kappa shape index (κ3) is 4.40. The van der Waals surface area contributed by atoms with Crippen molar-refractivity contribution in [2.24, 2.45) is 0 Å². The first-order valence-corrected chi connectivity index (χ1v) is 11.5. The third-order valence-electron chi connectivity index (χ3n) is 6.22. The molecular formula is C32H22O4. The van der Waals surface area contributed by atoms with E-state index in [9.17, 15) is 14.7 Å². The molecule has 36 heavy (non-hydrogen) atoms. The molecule has 4 heteroatoms. The number of rotatable bonds is 6. The van der Waals surface area contributed by atoms with Gasteiger partial charge in [-0.05, 0) is 57.1 Å². The lowest BCUT2D eigenvalue weighted by Gasteiger charge is -2.19. The number of carboxylic acids is 2. The van der Waals surface area contributed by atoms with Crippen molar-refractivity contribution >= 4 is 11.9 Å². The average Bonchev–Trinajstić information content (AvgIpc) is 2.93. The van der Waals surface area contributed by atoms with Crippen LogP contribution in [0, 0.1) is 0 Å². The molecule has 0 aliphatic heterocycles. The zero-order valence-corrected chi connectivity index (χ0v) is 19.3. The van der Waals surface area contributed by atoms with E-state index in [4.69, 9.17) is 5.11 Å². The Hall–Kier alpha value is -4.96. The third-order valence-corrected chi connectivity index (χ3v) is 6.22. The molecule has 0 saturated carbocycles. The smallest absolute Gasteiger partial charge is 0.336 e. The predicted octanol–water partition coefficient (Wildman–Crippen LogP) is 7.75. The van der Waals surface area contributed by atoms with Crippen molar-refractivity contribution < 1.29 is 19.8 Å². The minimum Gasteiger partial charge on any atom is -0.478 e. The van der Waals surface area contributed by atoms with Gasteiger partial charge in [-0.15, -0.1) is 0 Å². The Labute approximate surface area is 208 Å². The Kier molecular flexibility index (Phi) is 6.16. The van der Waals surface area contributed by atoms with Crippen molar-refractivity contribution in [3.05, 3.63) is 132 Å². The summed E-state index contributed by atoms with van der Waals surface area (Å²) in [7, 11) is 0. The van der Waals surface area contributed by atoms with Crippen LogP contribution in [0.15, 0.2) is 121 Å². The van der Waals surface area contributed by atoms with Gasteiger partial charge in [0.25, 0.3) is 0 Å². The largest absolute Gasteiger partial charge is 0.478 e. The van der Waals surface area contributed by atoms with Gasteiger partial charge < -0.3 is 10.2 Å². The highest BCUT2D eigenvalue weighted by Crippen LogP contribution is 2.42. The van der Waals surface area contributed by atoms with E-state index >= 15 is 0 Å². The van der Waals surface area contributed by atoms with Crippen molar-refractivity contribution in [2.45, 2.75) is 0 Å². The molecule has 5 aromatic rings. The van der Waals surface area contributed by atoms with Crippen molar-refractivity contribution in [2.75, 3.05) is 0 Å². The van der Waals surface area contributed by atoms with Crippen molar-refractivity contribution in [3.8, 4) is 44.5 Å². The van der Waals surface area contributed by atoms with E-state index in [-0.39, 0.29) is 11.1 Å². The molecule has 0 fully saturated rings. The molecule has 174 valence electrons. The Balaban J connectivity index is 1.68. The molecule has 0 heterocycles. The summed E-state index contributed by atoms with van der Waals surface area (Å²) >= 11 is 0. The number of carboxylic acid groups (broad SMARTS) is 2. The van der Waals surface area contributed by atoms with Crippen LogP contribution in [0.3, 0.4) is 0 Å². The van der Waals surface area contributed by atoms with Gasteiger partial charge in [-0.2, -0.15) is 0 Å². The van der Waals surface area contributed by atoms with Gasteiger partial charge in [0.15, 0.2) is 0 Å². The number of benzene rings is 5. The number of hydrogen-bond acceptors (Lipinski definition) is 2. The summed E-state index contributed by atoms with van der Waals surface area (Å²) in [6, 6.07) is 37.8. The van der Waals surface area contributed by atoms with Crippen LogP contribution in [0.25, 0.3) is 44.5 Å². The number of hydrogen-bond donors (Lipinski definition) is 2. The molecule has 0 bridgehead atoms. The molecule has 0 aliphatic carbocycles. The van der Waals surface area contributed by atoms with E-state index in [2.05, 4.69) is 0 Å². The highest BCUT2D eigenvalue weighted by atomic mass is 16.4. The number of carbonyl (C=O) groups is 2. The second-order valence-electron chi connectivity index (χ2n) is 8.41. The van der Waals surface area contributed by atoms with Crippen molar-refractivity contribution in [1.29, 1.82) is 0 Å². The molecule has 4 nitrogen and oxygen atoms in total. The SMILES string of the molecule is O=C(O)c1ccc(-c2ccc(-c3ccc(C(=O)O)c(-c4ccccc4)c3-c3ccccc3)cc2)cc1. The fraction of sp³-hybridized carbons (Fsp3) is 0. The summed E-state index contributed by atoms with van der Waals surface area (Å²) in [6.07, 6.45) is 0. The van der Waals surface area contributed by atoms with E-state index in [0.717, 1.165) is 38.9 Å². The molecular weight excluding hydrogens is 448 g/mol. The maximum absolute atomic E-state index is 12.3. The first kappa shape index (κ1) is 22.8. The lowest BCUT2D eigenvalue weighted by atomic mass is 9.84. The molecule has 0 amide bonds. The van der Waals surface area contributed by atoms with Crippen LogP contribution in [-0.4, -0.2) is 22.2 Å². The normalized spacial score (nSPS) is 10.7. The van der Waals surface area contributed by atoms with Crippen LogP contribution >= 0.6 is 0 Å². The summed E-state index contributed by atoms with van der Waals surface area (Å²) in [5.41, 5.74) is 7.57. The highest BCUT2D eigenvalue weighted by Gasteiger charge is 2.21. The van der Waals surface area contributed by atoms with Gasteiger partial charge in [0.2, 0.25) is 0 Å². The van der Waals surface area contributed by atoms with Crippen LogP contribution in [-0.2, 0) is 0 Å². The lowest BCUT2D eigenvalue weighted by molar-refractivity contribution is 0.0686. The van der Waals surface area contributed by atoms with Crippen LogP contribution < -0.4 is 0 Å². The minimum atomic E-state index is -0.974. The Morgan fingerprint density at radius 1 is 0.417 bits per heavy atom. The van der Waals surface area contributed by atoms with E-state index < -0.39 is 11.9 Å². The van der Waals surface area contributed by atoms with Gasteiger partial charge in [0.05, 0.1) is 11.1 Å². The zero-order chi connectivity index (χ0) is 25.1. The number of aromatic carboxylic acids is 2. The van der Waals surface area contributed by atoms with Gasteiger partial charge in [-0.25, -0.2) is 9.59 Å². The van der Waals surface area contributed by atoms with Crippen LogP contribution in [0.1, 0.15) is 20.7 Å². The fourth-order valence-electron chi connectivity index (χ4n) is 4.48. The molecule has 0 saturated heterocycles. The molecule has 0 aliphatic rings. The van der Waals surface area contributed by atoms with E-state index in [1.165, 1.54) is 0 Å². The minimum absolute atomic E-state index is 0.245. The molecule has 0 radical (unpaired) electrons. The van der Waals surface area contributed by atoms with Crippen molar-refractivity contribution in [3.63, 3.8) is 0 Å². The quantitative estimate of drug-likeness (QED) is 0.266. The second-order valence-corrected chi connectivity index (χ2v) is 8.41. The van der Waals surface area contributed by atoms with Crippen LogP contribution in [0.5, 0.6) is 0 Å². The summed E-state index contributed by atoms with van der Waals surface area (Å²) in [5.74, 6) is -1.93. The van der Waals surface area contributed by atoms with E-state index in [0.29, 0.717) is 5.56 Å². The molecule has 0 unspecified atom stereocenters. The summed E-state index contributed by atoms with van der Waals surface area (Å²) in [5, 5.41) is 19.2. The maximum atomic E-state index is 12.3. The Morgan fingerprint density at radius 3 is 1.39 bits per heavy atom. The predicted molar refractivity (Wildman–Crippen MR) is 142 cm³/mol. The average molecular weight is 471 g/mol. The van der Waals surface area contributed by atoms with Gasteiger partial charge >= 0.3 is 11.9 Å². The summed E-state index contributed by atoms with van der Waals surface area (Å²) in [6.45, 7) is 0. The van der Waals surface area contributed by atoms with Crippen LogP contribution in [0.4, 0.5) is 0 Å². The van der Waals surface area contributed by atoms with E-state index in [1.54, 1.807) is 30.3 Å². The van der Waals surface area contributed by atoms with Crippen molar-refractivity contribution in [1.82, 2.24) is 0 Å².